The smallest absolute Gasteiger partial charge is 0.211 e. The van der Waals surface area contributed by atoms with Crippen LogP contribution in [-0.2, 0) is 9.59 Å². The predicted octanol–water partition coefficient (Wildman–Crippen LogP) is 3.56. The molecule has 0 saturated heterocycles. The molecule has 0 heterocycles. The lowest BCUT2D eigenvalue weighted by atomic mass is 10.0. The van der Waals surface area contributed by atoms with Crippen molar-refractivity contribution in [2.75, 3.05) is 13.1 Å². The van der Waals surface area contributed by atoms with Crippen molar-refractivity contribution in [2.45, 2.75) is 64.2 Å². The van der Waals surface area contributed by atoms with Crippen molar-refractivity contribution >= 4 is 12.2 Å². The van der Waals surface area contributed by atoms with E-state index < -0.39 is 0 Å². The average Bonchev–Trinajstić information content (AvgIpc) is 2.44. The number of aliphatic imine (C=N–C) groups is 2. The van der Waals surface area contributed by atoms with E-state index in [1.54, 1.807) is 0 Å². The van der Waals surface area contributed by atoms with Crippen LogP contribution in [0.15, 0.2) is 9.98 Å². The number of hydrogen-bond donors (Lipinski definition) is 0. The number of nitrogens with zero attached hydrogens (tertiary/aromatic N) is 2. The van der Waals surface area contributed by atoms with Crippen LogP contribution >= 0.6 is 0 Å². The third kappa shape index (κ3) is 14.8. The van der Waals surface area contributed by atoms with Crippen LogP contribution in [0.5, 0.6) is 0 Å². The number of rotatable bonds is 7. The van der Waals surface area contributed by atoms with Gasteiger partial charge in [0.15, 0.2) is 0 Å². The van der Waals surface area contributed by atoms with E-state index in [0.29, 0.717) is 13.1 Å². The van der Waals surface area contributed by atoms with E-state index in [4.69, 9.17) is 0 Å². The van der Waals surface area contributed by atoms with Crippen molar-refractivity contribution in [1.29, 1.82) is 0 Å². The standard InChI is InChI=1S/C8H12N2O2.C6H12/c11-7-9-5-3-1-2-4-6-10-8-12;1-2-4-6-5-3-1/h1-6H2;1-6H2. The second kappa shape index (κ2) is 15.8. The molecule has 0 aromatic carbocycles. The first-order chi connectivity index (χ1) is 8.91. The summed E-state index contributed by atoms with van der Waals surface area (Å²) in [5, 5.41) is 0. The van der Waals surface area contributed by atoms with E-state index in [2.05, 4.69) is 9.98 Å². The normalized spacial score (nSPS) is 13.6. The molecule has 1 aliphatic carbocycles. The summed E-state index contributed by atoms with van der Waals surface area (Å²) < 4.78 is 0. The fourth-order valence-electron chi connectivity index (χ4n) is 1.89. The Labute approximate surface area is 110 Å². The Balaban J connectivity index is 0.000000397. The van der Waals surface area contributed by atoms with Gasteiger partial charge in [-0.25, -0.2) is 19.6 Å². The molecule has 1 fully saturated rings. The molecule has 4 nitrogen and oxygen atoms in total. The predicted molar refractivity (Wildman–Crippen MR) is 72.1 cm³/mol. The average molecular weight is 252 g/mol. The van der Waals surface area contributed by atoms with E-state index in [-0.39, 0.29) is 0 Å². The quantitative estimate of drug-likeness (QED) is 0.395. The van der Waals surface area contributed by atoms with Crippen molar-refractivity contribution in [2.24, 2.45) is 9.98 Å². The maximum Gasteiger partial charge on any atom is 0.234 e. The van der Waals surface area contributed by atoms with Gasteiger partial charge in [-0.3, -0.25) is 0 Å². The van der Waals surface area contributed by atoms with Crippen LogP contribution in [-0.4, -0.2) is 25.2 Å². The van der Waals surface area contributed by atoms with Crippen LogP contribution in [0.1, 0.15) is 64.2 Å². The van der Waals surface area contributed by atoms with E-state index >= 15 is 0 Å². The Hall–Kier alpha value is -1.24. The van der Waals surface area contributed by atoms with Gasteiger partial charge in [0.2, 0.25) is 12.2 Å². The molecule has 0 aliphatic heterocycles. The van der Waals surface area contributed by atoms with Gasteiger partial charge in [0, 0.05) is 0 Å². The number of unbranched alkanes of at least 4 members (excludes halogenated alkanes) is 3. The summed E-state index contributed by atoms with van der Waals surface area (Å²) in [6, 6.07) is 0. The SMILES string of the molecule is C1CCCCC1.O=C=NCCCCCCN=C=O. The Morgan fingerprint density at radius 1 is 0.611 bits per heavy atom. The molecule has 0 spiro atoms. The highest BCUT2D eigenvalue weighted by Crippen LogP contribution is 2.15. The minimum atomic E-state index is 0.556. The Morgan fingerprint density at radius 3 is 1.22 bits per heavy atom. The lowest BCUT2D eigenvalue weighted by molar-refractivity contribution is 0.504. The molecule has 4 heteroatoms. The Kier molecular flexibility index (Phi) is 14.7. The van der Waals surface area contributed by atoms with Crippen molar-refractivity contribution in [1.82, 2.24) is 0 Å². The van der Waals surface area contributed by atoms with Crippen molar-refractivity contribution in [3.63, 3.8) is 0 Å². The first kappa shape index (κ1) is 16.8. The van der Waals surface area contributed by atoms with Gasteiger partial charge in [-0.15, -0.1) is 0 Å². The highest BCUT2D eigenvalue weighted by atomic mass is 16.1. The highest BCUT2D eigenvalue weighted by molar-refractivity contribution is 5.32. The first-order valence-corrected chi connectivity index (χ1v) is 6.99. The number of isocyanates is 2. The number of carbonyl (C=O) groups excluding carboxylic acids is 2. The van der Waals surface area contributed by atoms with Gasteiger partial charge >= 0.3 is 0 Å². The minimum absolute atomic E-state index is 0.556. The van der Waals surface area contributed by atoms with Crippen molar-refractivity contribution in [3.05, 3.63) is 0 Å². The molecule has 1 aliphatic rings. The van der Waals surface area contributed by atoms with Crippen LogP contribution in [0.4, 0.5) is 0 Å². The third-order valence-corrected chi connectivity index (χ3v) is 2.92. The van der Waals surface area contributed by atoms with Gasteiger partial charge < -0.3 is 0 Å². The maximum absolute atomic E-state index is 9.63. The summed E-state index contributed by atoms with van der Waals surface area (Å²) in [6.07, 6.45) is 15.8. The van der Waals surface area contributed by atoms with Crippen LogP contribution in [0.2, 0.25) is 0 Å². The fourth-order valence-corrected chi connectivity index (χ4v) is 1.89. The monoisotopic (exact) mass is 252 g/mol. The lowest BCUT2D eigenvalue weighted by Crippen LogP contribution is -1.85. The van der Waals surface area contributed by atoms with Crippen molar-refractivity contribution < 1.29 is 9.59 Å². The van der Waals surface area contributed by atoms with Gasteiger partial charge in [0.25, 0.3) is 0 Å². The first-order valence-electron chi connectivity index (χ1n) is 6.99. The zero-order valence-electron chi connectivity index (χ0n) is 11.2. The summed E-state index contributed by atoms with van der Waals surface area (Å²) in [4.78, 5) is 26.1. The molecule has 0 unspecified atom stereocenters. The Bertz CT molecular complexity index is 229. The van der Waals surface area contributed by atoms with Crippen LogP contribution in [0, 0.1) is 0 Å². The maximum atomic E-state index is 9.63. The van der Waals surface area contributed by atoms with E-state index in [9.17, 15) is 9.59 Å². The van der Waals surface area contributed by atoms with Crippen LogP contribution in [0.25, 0.3) is 0 Å². The molecule has 0 radical (unpaired) electrons. The largest absolute Gasteiger partial charge is 0.234 e. The van der Waals surface area contributed by atoms with E-state index in [1.807, 2.05) is 0 Å². The second-order valence-electron chi connectivity index (χ2n) is 4.48. The summed E-state index contributed by atoms with van der Waals surface area (Å²) in [6.45, 7) is 1.11. The molecule has 0 aromatic heterocycles. The zero-order valence-corrected chi connectivity index (χ0v) is 11.2. The lowest BCUT2D eigenvalue weighted by Gasteiger charge is -2.05. The summed E-state index contributed by atoms with van der Waals surface area (Å²) in [5.74, 6) is 0. The summed E-state index contributed by atoms with van der Waals surface area (Å²) in [5.41, 5.74) is 0. The topological polar surface area (TPSA) is 58.9 Å². The zero-order chi connectivity index (χ0) is 13.3. The minimum Gasteiger partial charge on any atom is -0.211 e. The van der Waals surface area contributed by atoms with Gasteiger partial charge in [-0.2, -0.15) is 0 Å². The molecule has 1 rings (SSSR count). The van der Waals surface area contributed by atoms with Gasteiger partial charge in [-0.05, 0) is 12.8 Å². The number of hydrogen-bond acceptors (Lipinski definition) is 4. The fraction of sp³-hybridized carbons (Fsp3) is 0.857. The van der Waals surface area contributed by atoms with Gasteiger partial charge in [0.1, 0.15) is 0 Å². The second-order valence-corrected chi connectivity index (χ2v) is 4.48. The van der Waals surface area contributed by atoms with E-state index in [1.165, 1.54) is 50.7 Å². The van der Waals surface area contributed by atoms with E-state index in [0.717, 1.165) is 25.7 Å². The summed E-state index contributed by atoms with van der Waals surface area (Å²) >= 11 is 0. The third-order valence-electron chi connectivity index (χ3n) is 2.92. The molecule has 0 N–H and O–H groups in total. The van der Waals surface area contributed by atoms with Gasteiger partial charge in [-0.1, -0.05) is 51.4 Å². The summed E-state index contributed by atoms with van der Waals surface area (Å²) in [7, 11) is 0. The molecular weight excluding hydrogens is 228 g/mol. The molecule has 18 heavy (non-hydrogen) atoms. The molecule has 0 bridgehead atoms. The molecule has 0 aromatic rings. The molecule has 1 saturated carbocycles. The molecule has 0 amide bonds. The van der Waals surface area contributed by atoms with Gasteiger partial charge in [0.05, 0.1) is 13.1 Å². The molecule has 0 atom stereocenters. The van der Waals surface area contributed by atoms with Crippen LogP contribution < -0.4 is 0 Å². The Morgan fingerprint density at radius 2 is 0.944 bits per heavy atom. The molecular formula is C14H24N2O2. The molecule has 102 valence electrons. The highest BCUT2D eigenvalue weighted by Gasteiger charge is 1.95. The van der Waals surface area contributed by atoms with Crippen LogP contribution in [0.3, 0.4) is 0 Å². The van der Waals surface area contributed by atoms with Crippen molar-refractivity contribution in [3.8, 4) is 0 Å².